The molecule has 0 aliphatic heterocycles. The van der Waals surface area contributed by atoms with Gasteiger partial charge in [-0.2, -0.15) is 0 Å². The van der Waals surface area contributed by atoms with Crippen LogP contribution in [0.3, 0.4) is 0 Å². The molecule has 0 atom stereocenters. The number of carbonyl (C=O) groups is 2. The first-order valence-electron chi connectivity index (χ1n) is 11.6. The van der Waals surface area contributed by atoms with Crippen LogP contribution in [0, 0.1) is 0 Å². The fourth-order valence-electron chi connectivity index (χ4n) is 2.66. The standard InChI is InChI=1S/C25H42O4/c1-6-19-28-24(26)16-8-7-9-17-25(27)29-20-18-23(5)15-11-14-22(4)13-10-12-21(2)3/h12,14,18H,6-11,13,15-17,19-20H2,1-5H3/i1D. The molecular formula is C25H42O4. The van der Waals surface area contributed by atoms with Crippen LogP contribution in [0.4, 0.5) is 0 Å². The van der Waals surface area contributed by atoms with Gasteiger partial charge in [-0.3, -0.25) is 9.59 Å². The van der Waals surface area contributed by atoms with E-state index in [4.69, 9.17) is 10.8 Å². The Balaban J connectivity index is 3.77. The molecule has 0 amide bonds. The molecule has 0 aromatic carbocycles. The van der Waals surface area contributed by atoms with Crippen molar-refractivity contribution in [1.29, 1.82) is 0 Å². The lowest BCUT2D eigenvalue weighted by Gasteiger charge is -2.05. The number of ether oxygens (including phenoxy) is 2. The smallest absolute Gasteiger partial charge is 0.306 e. The second kappa shape index (κ2) is 18.2. The van der Waals surface area contributed by atoms with Crippen LogP contribution < -0.4 is 0 Å². The number of esters is 2. The largest absolute Gasteiger partial charge is 0.466 e. The van der Waals surface area contributed by atoms with Gasteiger partial charge in [-0.1, -0.05) is 42.2 Å². The molecule has 0 unspecified atom stereocenters. The van der Waals surface area contributed by atoms with Crippen LogP contribution in [0.2, 0.25) is 0 Å². The van der Waals surface area contributed by atoms with Crippen LogP contribution in [0.25, 0.3) is 0 Å². The number of carbonyl (C=O) groups excluding carboxylic acids is 2. The summed E-state index contributed by atoms with van der Waals surface area (Å²) in [5.74, 6) is -0.406. The Morgan fingerprint density at radius 3 is 1.97 bits per heavy atom. The van der Waals surface area contributed by atoms with Crippen molar-refractivity contribution in [2.24, 2.45) is 0 Å². The maximum Gasteiger partial charge on any atom is 0.306 e. The predicted molar refractivity (Wildman–Crippen MR) is 121 cm³/mol. The van der Waals surface area contributed by atoms with Crippen molar-refractivity contribution in [2.75, 3.05) is 13.2 Å². The number of hydrogen-bond donors (Lipinski definition) is 0. The summed E-state index contributed by atoms with van der Waals surface area (Å²) in [5.41, 5.74) is 4.03. The first-order chi connectivity index (χ1) is 14.3. The monoisotopic (exact) mass is 407 g/mol. The molecule has 0 aliphatic rings. The molecule has 0 spiro atoms. The van der Waals surface area contributed by atoms with Gasteiger partial charge in [-0.05, 0) is 78.7 Å². The van der Waals surface area contributed by atoms with Gasteiger partial charge in [-0.15, -0.1) is 0 Å². The van der Waals surface area contributed by atoms with Gasteiger partial charge in [0.25, 0.3) is 0 Å². The van der Waals surface area contributed by atoms with Crippen LogP contribution in [-0.2, 0) is 19.1 Å². The molecule has 0 aromatic heterocycles. The highest BCUT2D eigenvalue weighted by Crippen LogP contribution is 2.11. The summed E-state index contributed by atoms with van der Waals surface area (Å²) in [6, 6.07) is 0. The molecule has 0 aromatic rings. The number of unbranched alkanes of at least 4 members (excludes halogenated alkanes) is 2. The van der Waals surface area contributed by atoms with Gasteiger partial charge in [0.05, 0.1) is 6.61 Å². The molecule has 0 rings (SSSR count). The van der Waals surface area contributed by atoms with Crippen molar-refractivity contribution in [2.45, 2.75) is 98.8 Å². The highest BCUT2D eigenvalue weighted by molar-refractivity contribution is 5.70. The molecule has 4 heteroatoms. The van der Waals surface area contributed by atoms with E-state index in [1.165, 1.54) is 16.7 Å². The minimum Gasteiger partial charge on any atom is -0.466 e. The summed E-state index contributed by atoms with van der Waals surface area (Å²) in [6.45, 7) is 9.44. The average molecular weight is 408 g/mol. The van der Waals surface area contributed by atoms with Crippen molar-refractivity contribution in [3.63, 3.8) is 0 Å². The Bertz CT molecular complexity index is 572. The average Bonchev–Trinajstić information content (AvgIpc) is 2.67. The van der Waals surface area contributed by atoms with Gasteiger partial charge in [0.2, 0.25) is 0 Å². The molecule has 0 heterocycles. The zero-order chi connectivity index (χ0) is 22.6. The van der Waals surface area contributed by atoms with E-state index < -0.39 is 0 Å². The van der Waals surface area contributed by atoms with Crippen molar-refractivity contribution in [1.82, 2.24) is 0 Å². The van der Waals surface area contributed by atoms with E-state index in [0.29, 0.717) is 38.9 Å². The Morgan fingerprint density at radius 2 is 1.34 bits per heavy atom. The molecule has 0 aliphatic carbocycles. The van der Waals surface area contributed by atoms with Crippen LogP contribution in [0.5, 0.6) is 0 Å². The van der Waals surface area contributed by atoms with Crippen LogP contribution in [-0.4, -0.2) is 25.2 Å². The van der Waals surface area contributed by atoms with E-state index >= 15 is 0 Å². The lowest BCUT2D eigenvalue weighted by Crippen LogP contribution is -2.06. The lowest BCUT2D eigenvalue weighted by atomic mass is 10.1. The third kappa shape index (κ3) is 19.3. The topological polar surface area (TPSA) is 52.6 Å². The maximum absolute atomic E-state index is 11.8. The van der Waals surface area contributed by atoms with Crippen molar-refractivity contribution >= 4 is 11.9 Å². The van der Waals surface area contributed by atoms with Gasteiger partial charge in [-0.25, -0.2) is 0 Å². The number of allylic oxidation sites excluding steroid dienone is 5. The van der Waals surface area contributed by atoms with Crippen molar-refractivity contribution < 1.29 is 20.4 Å². The first kappa shape index (κ1) is 25.2. The van der Waals surface area contributed by atoms with E-state index in [-0.39, 0.29) is 18.8 Å². The Hall–Kier alpha value is -1.84. The second-order valence-corrected chi connectivity index (χ2v) is 7.78. The number of hydrogen-bond acceptors (Lipinski definition) is 4. The molecule has 4 nitrogen and oxygen atoms in total. The van der Waals surface area contributed by atoms with E-state index in [1.807, 2.05) is 6.08 Å². The van der Waals surface area contributed by atoms with Crippen molar-refractivity contribution in [3.8, 4) is 0 Å². The second-order valence-electron chi connectivity index (χ2n) is 7.78. The zero-order valence-corrected chi connectivity index (χ0v) is 19.1. The third-order valence-electron chi connectivity index (χ3n) is 4.47. The van der Waals surface area contributed by atoms with Crippen LogP contribution >= 0.6 is 0 Å². The van der Waals surface area contributed by atoms with E-state index in [1.54, 1.807) is 0 Å². The van der Waals surface area contributed by atoms with E-state index in [0.717, 1.165) is 38.5 Å². The quantitative estimate of drug-likeness (QED) is 0.159. The van der Waals surface area contributed by atoms with Gasteiger partial charge in [0.15, 0.2) is 0 Å². The fraction of sp³-hybridized carbons (Fsp3) is 0.680. The van der Waals surface area contributed by atoms with Crippen LogP contribution in [0.1, 0.15) is 100 Å². The summed E-state index contributed by atoms with van der Waals surface area (Å²) in [4.78, 5) is 23.2. The SMILES string of the molecule is [2H]CCCOC(=O)CCCCCC(=O)OCC=C(C)CCC=C(C)CCC=C(C)C. The molecule has 0 N–H and O–H groups in total. The number of rotatable bonds is 16. The summed E-state index contributed by atoms with van der Waals surface area (Å²) in [5, 5.41) is 0. The molecule has 0 radical (unpaired) electrons. The Labute approximate surface area is 179 Å². The summed E-state index contributed by atoms with van der Waals surface area (Å²) >= 11 is 0. The molecule has 0 bridgehead atoms. The zero-order valence-electron chi connectivity index (χ0n) is 20.1. The van der Waals surface area contributed by atoms with Gasteiger partial charge >= 0.3 is 11.9 Å². The Morgan fingerprint density at radius 1 is 0.759 bits per heavy atom. The molecule has 166 valence electrons. The third-order valence-corrected chi connectivity index (χ3v) is 4.47. The summed E-state index contributed by atoms with van der Waals surface area (Å²) < 4.78 is 17.2. The minimum absolute atomic E-state index is 0.188. The molecule has 0 saturated heterocycles. The minimum atomic E-state index is -0.218. The van der Waals surface area contributed by atoms with Gasteiger partial charge < -0.3 is 9.47 Å². The van der Waals surface area contributed by atoms with E-state index in [9.17, 15) is 9.59 Å². The summed E-state index contributed by atoms with van der Waals surface area (Å²) in [6.07, 6.45) is 14.3. The van der Waals surface area contributed by atoms with Crippen molar-refractivity contribution in [3.05, 3.63) is 34.9 Å². The fourth-order valence-corrected chi connectivity index (χ4v) is 2.66. The highest BCUT2D eigenvalue weighted by Gasteiger charge is 2.04. The molecular weight excluding hydrogens is 364 g/mol. The molecule has 0 fully saturated rings. The van der Waals surface area contributed by atoms with Gasteiger partial charge in [0.1, 0.15) is 6.61 Å². The molecule has 0 saturated carbocycles. The van der Waals surface area contributed by atoms with Crippen LogP contribution in [0.15, 0.2) is 34.9 Å². The maximum atomic E-state index is 11.8. The molecule has 29 heavy (non-hydrogen) atoms. The van der Waals surface area contributed by atoms with E-state index in [2.05, 4.69) is 39.8 Å². The highest BCUT2D eigenvalue weighted by atomic mass is 16.5. The van der Waals surface area contributed by atoms with Gasteiger partial charge in [0, 0.05) is 14.2 Å². The summed E-state index contributed by atoms with van der Waals surface area (Å²) in [7, 11) is 0. The first-order valence-corrected chi connectivity index (χ1v) is 10.9. The Kier molecular flexibility index (Phi) is 15.8. The predicted octanol–water partition coefficient (Wildman–Crippen LogP) is 6.85. The lowest BCUT2D eigenvalue weighted by molar-refractivity contribution is -0.143. The normalized spacial score (nSPS) is 12.3.